The van der Waals surface area contributed by atoms with Gasteiger partial charge in [-0.3, -0.25) is 4.90 Å². The van der Waals surface area contributed by atoms with Crippen molar-refractivity contribution in [2.75, 3.05) is 32.8 Å². The van der Waals surface area contributed by atoms with Gasteiger partial charge in [-0.15, -0.1) is 0 Å². The molecule has 1 N–H and O–H groups in total. The van der Waals surface area contributed by atoms with Crippen LogP contribution in [0, 0.1) is 0 Å². The van der Waals surface area contributed by atoms with Gasteiger partial charge >= 0.3 is 0 Å². The first-order chi connectivity index (χ1) is 8.90. The maximum atomic E-state index is 5.70. The SMILES string of the molecule is CCNCC1CCCCN1CCCC1CCCO1. The molecule has 18 heavy (non-hydrogen) atoms. The summed E-state index contributed by atoms with van der Waals surface area (Å²) in [6.07, 6.45) is 9.91. The lowest BCUT2D eigenvalue weighted by atomic mass is 10.0. The van der Waals surface area contributed by atoms with Crippen LogP contribution >= 0.6 is 0 Å². The van der Waals surface area contributed by atoms with Crippen molar-refractivity contribution in [3.8, 4) is 0 Å². The molecule has 0 aliphatic carbocycles. The normalized spacial score (nSPS) is 29.8. The molecule has 2 aliphatic rings. The fourth-order valence-corrected chi connectivity index (χ4v) is 3.29. The number of likely N-dealkylation sites (tertiary alicyclic amines) is 1. The van der Waals surface area contributed by atoms with Crippen molar-refractivity contribution >= 4 is 0 Å². The Morgan fingerprint density at radius 3 is 2.94 bits per heavy atom. The molecule has 0 saturated carbocycles. The third kappa shape index (κ3) is 4.52. The molecule has 2 unspecified atom stereocenters. The van der Waals surface area contributed by atoms with Crippen molar-refractivity contribution < 1.29 is 4.74 Å². The van der Waals surface area contributed by atoms with E-state index in [2.05, 4.69) is 17.1 Å². The molecule has 0 aromatic rings. The second kappa shape index (κ2) is 8.13. The van der Waals surface area contributed by atoms with Crippen molar-refractivity contribution in [2.45, 2.75) is 64.0 Å². The monoisotopic (exact) mass is 254 g/mol. The Kier molecular flexibility index (Phi) is 6.46. The van der Waals surface area contributed by atoms with Crippen LogP contribution in [0.1, 0.15) is 51.9 Å². The molecular weight excluding hydrogens is 224 g/mol. The van der Waals surface area contributed by atoms with Gasteiger partial charge in [0.1, 0.15) is 0 Å². The number of rotatable bonds is 7. The minimum atomic E-state index is 0.571. The number of piperidine rings is 1. The van der Waals surface area contributed by atoms with E-state index in [0.29, 0.717) is 6.10 Å². The van der Waals surface area contributed by atoms with Crippen LogP contribution in [0.15, 0.2) is 0 Å². The third-order valence-electron chi connectivity index (χ3n) is 4.37. The van der Waals surface area contributed by atoms with E-state index in [1.165, 1.54) is 64.6 Å². The number of nitrogens with zero attached hydrogens (tertiary/aromatic N) is 1. The Hall–Kier alpha value is -0.120. The van der Waals surface area contributed by atoms with Crippen molar-refractivity contribution in [2.24, 2.45) is 0 Å². The molecule has 3 heteroatoms. The summed E-state index contributed by atoms with van der Waals surface area (Å²) in [4.78, 5) is 2.71. The quantitative estimate of drug-likeness (QED) is 0.755. The lowest BCUT2D eigenvalue weighted by molar-refractivity contribution is 0.0909. The highest BCUT2D eigenvalue weighted by Crippen LogP contribution is 2.20. The summed E-state index contributed by atoms with van der Waals surface area (Å²) >= 11 is 0. The maximum Gasteiger partial charge on any atom is 0.0576 e. The number of hydrogen-bond acceptors (Lipinski definition) is 3. The fourth-order valence-electron chi connectivity index (χ4n) is 3.29. The Morgan fingerprint density at radius 1 is 1.22 bits per heavy atom. The molecule has 0 spiro atoms. The van der Waals surface area contributed by atoms with E-state index in [0.717, 1.165) is 19.2 Å². The molecule has 3 nitrogen and oxygen atoms in total. The van der Waals surface area contributed by atoms with Gasteiger partial charge < -0.3 is 10.1 Å². The van der Waals surface area contributed by atoms with Gasteiger partial charge in [-0.1, -0.05) is 13.3 Å². The van der Waals surface area contributed by atoms with Crippen molar-refractivity contribution in [3.63, 3.8) is 0 Å². The van der Waals surface area contributed by atoms with Crippen LogP contribution in [-0.2, 0) is 4.74 Å². The molecule has 2 heterocycles. The zero-order valence-electron chi connectivity index (χ0n) is 12.0. The average molecular weight is 254 g/mol. The molecule has 0 radical (unpaired) electrons. The Bertz CT molecular complexity index is 217. The van der Waals surface area contributed by atoms with E-state index in [9.17, 15) is 0 Å². The fraction of sp³-hybridized carbons (Fsp3) is 1.00. The molecule has 2 aliphatic heterocycles. The standard InChI is InChI=1S/C15H30N2O/c1-2-16-13-14-7-3-4-10-17(14)11-5-8-15-9-6-12-18-15/h14-16H,2-13H2,1H3. The highest BCUT2D eigenvalue weighted by atomic mass is 16.5. The molecule has 0 bridgehead atoms. The van der Waals surface area contributed by atoms with Crippen LogP contribution in [0.4, 0.5) is 0 Å². The van der Waals surface area contributed by atoms with Crippen LogP contribution in [0.5, 0.6) is 0 Å². The first kappa shape index (κ1) is 14.3. The van der Waals surface area contributed by atoms with Gasteiger partial charge in [-0.25, -0.2) is 0 Å². The van der Waals surface area contributed by atoms with Crippen LogP contribution in [0.25, 0.3) is 0 Å². The highest BCUT2D eigenvalue weighted by molar-refractivity contribution is 4.79. The summed E-state index contributed by atoms with van der Waals surface area (Å²) in [5.74, 6) is 0. The molecule has 0 amide bonds. The summed E-state index contributed by atoms with van der Waals surface area (Å²) in [6, 6.07) is 0.781. The van der Waals surface area contributed by atoms with E-state index in [1.807, 2.05) is 0 Å². The number of ether oxygens (including phenoxy) is 1. The minimum absolute atomic E-state index is 0.571. The molecule has 106 valence electrons. The summed E-state index contributed by atoms with van der Waals surface area (Å²) in [6.45, 7) is 8.05. The predicted octanol–water partition coefficient (Wildman–Crippen LogP) is 2.41. The van der Waals surface area contributed by atoms with Crippen LogP contribution < -0.4 is 5.32 Å². The first-order valence-electron chi connectivity index (χ1n) is 7.96. The molecule has 2 saturated heterocycles. The van der Waals surface area contributed by atoms with Gasteiger partial charge in [0.05, 0.1) is 6.10 Å². The highest BCUT2D eigenvalue weighted by Gasteiger charge is 2.22. The van der Waals surface area contributed by atoms with Gasteiger partial charge in [-0.05, 0) is 58.2 Å². The summed E-state index contributed by atoms with van der Waals surface area (Å²) in [5.41, 5.74) is 0. The Balaban J connectivity index is 1.64. The van der Waals surface area contributed by atoms with Crippen molar-refractivity contribution in [1.29, 1.82) is 0 Å². The minimum Gasteiger partial charge on any atom is -0.378 e. The van der Waals surface area contributed by atoms with Gasteiger partial charge in [0.2, 0.25) is 0 Å². The van der Waals surface area contributed by atoms with Crippen LogP contribution in [0.2, 0.25) is 0 Å². The van der Waals surface area contributed by atoms with E-state index in [-0.39, 0.29) is 0 Å². The third-order valence-corrected chi connectivity index (χ3v) is 4.37. The molecule has 0 aromatic heterocycles. The van der Waals surface area contributed by atoms with Gasteiger partial charge in [0.15, 0.2) is 0 Å². The maximum absolute atomic E-state index is 5.70. The lowest BCUT2D eigenvalue weighted by Gasteiger charge is -2.36. The first-order valence-corrected chi connectivity index (χ1v) is 7.96. The van der Waals surface area contributed by atoms with Gasteiger partial charge in [0.25, 0.3) is 0 Å². The van der Waals surface area contributed by atoms with Crippen molar-refractivity contribution in [1.82, 2.24) is 10.2 Å². The second-order valence-corrected chi connectivity index (χ2v) is 5.77. The predicted molar refractivity (Wildman–Crippen MR) is 76.0 cm³/mol. The van der Waals surface area contributed by atoms with E-state index < -0.39 is 0 Å². The van der Waals surface area contributed by atoms with Crippen molar-refractivity contribution in [3.05, 3.63) is 0 Å². The number of hydrogen-bond donors (Lipinski definition) is 1. The van der Waals surface area contributed by atoms with Crippen LogP contribution in [-0.4, -0.2) is 49.8 Å². The number of likely N-dealkylation sites (N-methyl/N-ethyl adjacent to an activating group) is 1. The summed E-state index contributed by atoms with van der Waals surface area (Å²) in [7, 11) is 0. The molecular formula is C15H30N2O. The van der Waals surface area contributed by atoms with E-state index in [1.54, 1.807) is 0 Å². The molecule has 0 aromatic carbocycles. The van der Waals surface area contributed by atoms with Gasteiger partial charge in [-0.2, -0.15) is 0 Å². The molecule has 2 fully saturated rings. The Morgan fingerprint density at radius 2 is 2.17 bits per heavy atom. The second-order valence-electron chi connectivity index (χ2n) is 5.77. The van der Waals surface area contributed by atoms with Crippen LogP contribution in [0.3, 0.4) is 0 Å². The zero-order chi connectivity index (χ0) is 12.6. The van der Waals surface area contributed by atoms with Gasteiger partial charge in [0, 0.05) is 19.2 Å². The van der Waals surface area contributed by atoms with E-state index in [4.69, 9.17) is 4.74 Å². The molecule has 2 rings (SSSR count). The summed E-state index contributed by atoms with van der Waals surface area (Å²) in [5, 5.41) is 3.51. The topological polar surface area (TPSA) is 24.5 Å². The van der Waals surface area contributed by atoms with E-state index >= 15 is 0 Å². The summed E-state index contributed by atoms with van der Waals surface area (Å²) < 4.78 is 5.70. The lowest BCUT2D eigenvalue weighted by Crippen LogP contribution is -2.45. The number of nitrogens with one attached hydrogen (secondary N) is 1. The largest absolute Gasteiger partial charge is 0.378 e. The Labute approximate surface area is 112 Å². The average Bonchev–Trinajstić information content (AvgIpc) is 2.91. The smallest absolute Gasteiger partial charge is 0.0576 e. The zero-order valence-corrected chi connectivity index (χ0v) is 12.0. The molecule has 2 atom stereocenters.